The summed E-state index contributed by atoms with van der Waals surface area (Å²) in [5.41, 5.74) is 0.888. The number of aromatic amines is 1. The Bertz CT molecular complexity index is 502. The van der Waals surface area contributed by atoms with Crippen LogP contribution in [0.3, 0.4) is 0 Å². The van der Waals surface area contributed by atoms with Gasteiger partial charge in [-0.2, -0.15) is 0 Å². The molecule has 0 amide bonds. The van der Waals surface area contributed by atoms with Crippen LogP contribution in [0.1, 0.15) is 12.8 Å². The van der Waals surface area contributed by atoms with Crippen molar-refractivity contribution in [3.63, 3.8) is 0 Å². The molecule has 0 aliphatic carbocycles. The van der Waals surface area contributed by atoms with Gasteiger partial charge < -0.3 is 15.0 Å². The van der Waals surface area contributed by atoms with Crippen LogP contribution < -0.4 is 4.90 Å². The van der Waals surface area contributed by atoms with Crippen LogP contribution in [0.25, 0.3) is 11.0 Å². The third-order valence-corrected chi connectivity index (χ3v) is 3.51. The lowest BCUT2D eigenvalue weighted by Gasteiger charge is -2.32. The number of hydrogen-bond acceptors (Lipinski definition) is 4. The van der Waals surface area contributed by atoms with Crippen molar-refractivity contribution in [1.29, 1.82) is 0 Å². The number of aliphatic hydroxyl groups is 1. The highest BCUT2D eigenvalue weighted by molar-refractivity contribution is 5.87. The van der Waals surface area contributed by atoms with Crippen LogP contribution in [0.5, 0.6) is 0 Å². The molecule has 0 saturated carbocycles. The number of anilines is 1. The Morgan fingerprint density at radius 1 is 1.35 bits per heavy atom. The van der Waals surface area contributed by atoms with Crippen LogP contribution in [0.4, 0.5) is 5.82 Å². The van der Waals surface area contributed by atoms with E-state index in [0.29, 0.717) is 12.5 Å². The molecule has 0 atom stereocenters. The number of piperidine rings is 1. The predicted octanol–water partition coefficient (Wildman–Crippen LogP) is 1.17. The van der Waals surface area contributed by atoms with E-state index in [-0.39, 0.29) is 0 Å². The Labute approximate surface area is 99.5 Å². The summed E-state index contributed by atoms with van der Waals surface area (Å²) in [6.45, 7) is 2.22. The average molecular weight is 232 g/mol. The van der Waals surface area contributed by atoms with Crippen molar-refractivity contribution >= 4 is 16.9 Å². The number of fused-ring (bicyclic) bond motifs is 1. The quantitative estimate of drug-likeness (QED) is 0.815. The summed E-state index contributed by atoms with van der Waals surface area (Å²) in [6.07, 6.45) is 5.56. The number of nitrogens with one attached hydrogen (secondary N) is 1. The van der Waals surface area contributed by atoms with Crippen molar-refractivity contribution in [2.45, 2.75) is 12.8 Å². The Balaban J connectivity index is 1.87. The van der Waals surface area contributed by atoms with E-state index in [4.69, 9.17) is 5.11 Å². The largest absolute Gasteiger partial charge is 0.396 e. The minimum absolute atomic E-state index is 0.303. The molecule has 5 nitrogen and oxygen atoms in total. The van der Waals surface area contributed by atoms with Gasteiger partial charge in [0.05, 0.1) is 5.39 Å². The third-order valence-electron chi connectivity index (χ3n) is 3.51. The maximum atomic E-state index is 9.14. The Morgan fingerprint density at radius 2 is 2.18 bits per heavy atom. The van der Waals surface area contributed by atoms with E-state index in [1.54, 1.807) is 6.33 Å². The summed E-state index contributed by atoms with van der Waals surface area (Å²) in [7, 11) is 0. The van der Waals surface area contributed by atoms with Gasteiger partial charge in [0, 0.05) is 25.9 Å². The molecular formula is C12H16N4O. The Hall–Kier alpha value is -1.62. The number of hydrogen-bond donors (Lipinski definition) is 2. The number of aromatic nitrogens is 3. The highest BCUT2D eigenvalue weighted by Gasteiger charge is 2.21. The molecule has 1 aliphatic rings. The van der Waals surface area contributed by atoms with E-state index in [1.165, 1.54) is 0 Å². The molecule has 0 aromatic carbocycles. The van der Waals surface area contributed by atoms with Gasteiger partial charge in [-0.15, -0.1) is 0 Å². The molecule has 1 saturated heterocycles. The molecule has 5 heteroatoms. The molecule has 0 bridgehead atoms. The highest BCUT2D eigenvalue weighted by Crippen LogP contribution is 2.26. The summed E-state index contributed by atoms with van der Waals surface area (Å²) in [6, 6.07) is 2.02. The topological polar surface area (TPSA) is 65.0 Å². The number of aliphatic hydroxyl groups excluding tert-OH is 1. The average Bonchev–Trinajstić information content (AvgIpc) is 2.87. The van der Waals surface area contributed by atoms with Crippen molar-refractivity contribution in [2.24, 2.45) is 5.92 Å². The fourth-order valence-electron chi connectivity index (χ4n) is 2.44. The van der Waals surface area contributed by atoms with E-state index in [1.807, 2.05) is 12.3 Å². The van der Waals surface area contributed by atoms with E-state index in [0.717, 1.165) is 42.8 Å². The molecule has 3 heterocycles. The second-order valence-corrected chi connectivity index (χ2v) is 4.55. The van der Waals surface area contributed by atoms with Gasteiger partial charge in [-0.3, -0.25) is 0 Å². The van der Waals surface area contributed by atoms with Crippen molar-refractivity contribution < 1.29 is 5.11 Å². The van der Waals surface area contributed by atoms with Gasteiger partial charge in [0.2, 0.25) is 0 Å². The van der Waals surface area contributed by atoms with Gasteiger partial charge in [0.15, 0.2) is 0 Å². The van der Waals surface area contributed by atoms with Gasteiger partial charge in [0.25, 0.3) is 0 Å². The second kappa shape index (κ2) is 4.33. The first-order chi connectivity index (χ1) is 8.38. The molecular weight excluding hydrogens is 216 g/mol. The van der Waals surface area contributed by atoms with Crippen LogP contribution in [-0.4, -0.2) is 39.8 Å². The van der Waals surface area contributed by atoms with Crippen molar-refractivity contribution in [3.8, 4) is 0 Å². The summed E-state index contributed by atoms with van der Waals surface area (Å²) in [4.78, 5) is 14.0. The zero-order chi connectivity index (χ0) is 11.7. The van der Waals surface area contributed by atoms with Crippen molar-refractivity contribution in [1.82, 2.24) is 15.0 Å². The monoisotopic (exact) mass is 232 g/mol. The number of H-pyrrole nitrogens is 1. The first kappa shape index (κ1) is 10.5. The van der Waals surface area contributed by atoms with E-state index < -0.39 is 0 Å². The van der Waals surface area contributed by atoms with Crippen LogP contribution >= 0.6 is 0 Å². The summed E-state index contributed by atoms with van der Waals surface area (Å²) >= 11 is 0. The van der Waals surface area contributed by atoms with Gasteiger partial charge in [0.1, 0.15) is 17.8 Å². The van der Waals surface area contributed by atoms with Crippen LogP contribution in [0, 0.1) is 5.92 Å². The first-order valence-electron chi connectivity index (χ1n) is 6.02. The lowest BCUT2D eigenvalue weighted by molar-refractivity contribution is 0.203. The molecule has 0 radical (unpaired) electrons. The molecule has 1 fully saturated rings. The summed E-state index contributed by atoms with van der Waals surface area (Å²) in [5.74, 6) is 1.46. The minimum atomic E-state index is 0.303. The van der Waals surface area contributed by atoms with Crippen LogP contribution in [0.15, 0.2) is 18.6 Å². The SMILES string of the molecule is OCC1CCN(c2ncnc3[nH]ccc23)CC1. The number of nitrogens with zero attached hydrogens (tertiary/aromatic N) is 3. The van der Waals surface area contributed by atoms with Crippen molar-refractivity contribution in [3.05, 3.63) is 18.6 Å². The maximum Gasteiger partial charge on any atom is 0.142 e. The lowest BCUT2D eigenvalue weighted by atomic mass is 9.98. The lowest BCUT2D eigenvalue weighted by Crippen LogP contribution is -2.35. The molecule has 2 aromatic heterocycles. The molecule has 90 valence electrons. The number of rotatable bonds is 2. The maximum absolute atomic E-state index is 9.14. The zero-order valence-corrected chi connectivity index (χ0v) is 9.63. The predicted molar refractivity (Wildman–Crippen MR) is 65.9 cm³/mol. The fraction of sp³-hybridized carbons (Fsp3) is 0.500. The van der Waals surface area contributed by atoms with Gasteiger partial charge >= 0.3 is 0 Å². The van der Waals surface area contributed by atoms with E-state index in [2.05, 4.69) is 19.9 Å². The fourth-order valence-corrected chi connectivity index (χ4v) is 2.44. The molecule has 17 heavy (non-hydrogen) atoms. The normalized spacial score (nSPS) is 17.8. The third kappa shape index (κ3) is 1.86. The smallest absolute Gasteiger partial charge is 0.142 e. The van der Waals surface area contributed by atoms with Crippen LogP contribution in [-0.2, 0) is 0 Å². The first-order valence-corrected chi connectivity index (χ1v) is 6.02. The molecule has 1 aliphatic heterocycles. The summed E-state index contributed by atoms with van der Waals surface area (Å²) in [5, 5.41) is 10.2. The minimum Gasteiger partial charge on any atom is -0.396 e. The Morgan fingerprint density at radius 3 is 2.94 bits per heavy atom. The molecule has 2 aromatic rings. The van der Waals surface area contributed by atoms with E-state index in [9.17, 15) is 0 Å². The van der Waals surface area contributed by atoms with Gasteiger partial charge in [-0.1, -0.05) is 0 Å². The Kier molecular flexibility index (Phi) is 2.68. The second-order valence-electron chi connectivity index (χ2n) is 4.55. The molecule has 0 unspecified atom stereocenters. The summed E-state index contributed by atoms with van der Waals surface area (Å²) < 4.78 is 0. The van der Waals surface area contributed by atoms with Gasteiger partial charge in [-0.05, 0) is 24.8 Å². The highest BCUT2D eigenvalue weighted by atomic mass is 16.3. The molecule has 2 N–H and O–H groups in total. The van der Waals surface area contributed by atoms with E-state index >= 15 is 0 Å². The zero-order valence-electron chi connectivity index (χ0n) is 9.63. The standard InChI is InChI=1S/C12H16N4O/c17-7-9-2-5-16(6-3-9)12-10-1-4-13-11(10)14-8-15-12/h1,4,8-9,17H,2-3,5-7H2,(H,13,14,15). The van der Waals surface area contributed by atoms with Gasteiger partial charge in [-0.25, -0.2) is 9.97 Å². The molecule has 3 rings (SSSR count). The van der Waals surface area contributed by atoms with Crippen LogP contribution in [0.2, 0.25) is 0 Å². The van der Waals surface area contributed by atoms with Crippen molar-refractivity contribution in [2.75, 3.05) is 24.6 Å². The molecule has 0 spiro atoms.